The van der Waals surface area contributed by atoms with E-state index in [-0.39, 0.29) is 79.6 Å². The molecule has 0 saturated carbocycles. The van der Waals surface area contributed by atoms with E-state index in [1.54, 1.807) is 133 Å². The van der Waals surface area contributed by atoms with Gasteiger partial charge in [-0.1, -0.05) is 242 Å². The second-order valence-corrected chi connectivity index (χ2v) is 27.9. The largest absolute Gasteiger partial charge is 0.459 e. The second-order valence-electron chi connectivity index (χ2n) is 27.9. The van der Waals surface area contributed by atoms with Gasteiger partial charge in [0.2, 0.25) is 0 Å². The van der Waals surface area contributed by atoms with Gasteiger partial charge >= 0.3 is 35.8 Å². The minimum absolute atomic E-state index is 0.0246. The topological polar surface area (TPSA) is 299 Å². The van der Waals surface area contributed by atoms with Crippen molar-refractivity contribution < 1.29 is 105 Å². The van der Waals surface area contributed by atoms with E-state index in [2.05, 4.69) is 10.0 Å². The Morgan fingerprint density at radius 1 is 0.331 bits per heavy atom. The third-order valence-corrected chi connectivity index (χ3v) is 19.6. The smallest absolute Gasteiger partial charge is 0.338 e. The highest BCUT2D eigenvalue weighted by atomic mass is 16.8. The lowest BCUT2D eigenvalue weighted by molar-refractivity contribution is -0.383. The molecule has 3 saturated heterocycles. The molecule has 13 rings (SSSR count). The number of rotatable bonds is 39. The average Bonchev–Trinajstić information content (AvgIpc) is 1.37. The van der Waals surface area contributed by atoms with E-state index in [0.717, 1.165) is 11.1 Å². The Kier molecular flexibility index (Phi) is 31.1. The van der Waals surface area contributed by atoms with Crippen molar-refractivity contribution in [1.29, 1.82) is 0 Å². The monoisotopic (exact) mass is 1600 g/mol. The van der Waals surface area contributed by atoms with E-state index in [1.807, 2.05) is 121 Å². The van der Waals surface area contributed by atoms with Crippen LogP contribution < -0.4 is 0 Å². The van der Waals surface area contributed by atoms with Gasteiger partial charge in [0, 0.05) is 18.1 Å². The highest BCUT2D eigenvalue weighted by molar-refractivity contribution is 5.92. The molecule has 3 aliphatic rings. The van der Waals surface area contributed by atoms with Crippen LogP contribution in [-0.4, -0.2) is 161 Å². The lowest BCUT2D eigenvalue weighted by Crippen LogP contribution is -2.67. The number of hydrogen-bond donors (Lipinski definition) is 0. The summed E-state index contributed by atoms with van der Waals surface area (Å²) in [5.74, 6) is -5.22. The molecule has 118 heavy (non-hydrogen) atoms. The van der Waals surface area contributed by atoms with Gasteiger partial charge in [-0.2, -0.15) is 0 Å². The summed E-state index contributed by atoms with van der Waals surface area (Å²) < 4.78 is 111. The molecule has 0 bridgehead atoms. The summed E-state index contributed by atoms with van der Waals surface area (Å²) in [6.07, 6.45) is -23.1. The lowest BCUT2D eigenvalue weighted by Gasteiger charge is -2.50. The van der Waals surface area contributed by atoms with Crippen LogP contribution in [0, 0.1) is 0 Å². The molecule has 0 amide bonds. The average molecular weight is 1600 g/mol. The molecule has 0 radical (unpaired) electrons. The van der Waals surface area contributed by atoms with Crippen LogP contribution in [0.2, 0.25) is 0 Å². The Balaban J connectivity index is 0.997. The van der Waals surface area contributed by atoms with Crippen LogP contribution in [0.25, 0.3) is 10.4 Å². The Hall–Kier alpha value is -12.1. The maximum absolute atomic E-state index is 15.3. The standard InChI is InChI=1S/C93H89N3O22/c94-96-95-54-32-11-33-55-104-91-83(107-59-66-40-18-4-19-41-66)80(118-93-84(115-90(102)72-52-30-10-31-53-72)81(114-89(101)71-50-28-9-29-51-71)77(117-93)74(110-87(99)69-46-24-7-25-47-69)61-108-85(97)67-42-20-5-21-43-67)78(75(111-91)62-109-86(98)68-44-22-6-23-45-68)116-92-82(106-58-65-38-16-3-17-39-65)79(105-57-64-36-14-2-15-37-64)76(113-88(100)70-48-26-8-27-49-70)73(112-92)60-103-56-63-34-12-1-13-35-63/h1-10,12-31,34-53,73-84,91-93H,11,32-33,54-62H2/t73?,74-,75?,76+,77+,78+,79?,80?,81?,82?,83?,84?,91+,92-,93+/m1/s1. The summed E-state index contributed by atoms with van der Waals surface area (Å²) in [4.78, 5) is 91.8. The maximum atomic E-state index is 15.3. The molecule has 0 aliphatic carbocycles. The number of azide groups is 1. The number of nitrogens with zero attached hydrogens (tertiary/aromatic N) is 3. The maximum Gasteiger partial charge on any atom is 0.338 e. The van der Waals surface area contributed by atoms with E-state index >= 15 is 9.59 Å². The molecule has 3 fully saturated rings. The summed E-state index contributed by atoms with van der Waals surface area (Å²) in [6.45, 7) is -1.83. The number of carbonyl (C=O) groups is 6. The molecular formula is C93H89N3O22. The lowest BCUT2D eigenvalue weighted by atomic mass is 9.95. The Labute approximate surface area is 682 Å². The molecular weight excluding hydrogens is 1510 g/mol. The number of esters is 6. The molecule has 25 nitrogen and oxygen atoms in total. The molecule has 3 heterocycles. The van der Waals surface area contributed by atoms with Gasteiger partial charge in [-0.3, -0.25) is 0 Å². The van der Waals surface area contributed by atoms with E-state index in [0.29, 0.717) is 30.4 Å². The van der Waals surface area contributed by atoms with Crippen molar-refractivity contribution in [2.24, 2.45) is 5.11 Å². The molecule has 25 heteroatoms. The zero-order valence-electron chi connectivity index (χ0n) is 64.3. The fourth-order valence-corrected chi connectivity index (χ4v) is 13.7. The normalized spacial score (nSPS) is 22.3. The highest BCUT2D eigenvalue weighted by Gasteiger charge is 2.60. The van der Waals surface area contributed by atoms with Crippen LogP contribution in [0.3, 0.4) is 0 Å². The molecule has 10 aromatic rings. The minimum Gasteiger partial charge on any atom is -0.459 e. The molecule has 15 atom stereocenters. The molecule has 608 valence electrons. The van der Waals surface area contributed by atoms with Crippen LogP contribution in [0.4, 0.5) is 0 Å². The van der Waals surface area contributed by atoms with Crippen LogP contribution in [0.15, 0.2) is 308 Å². The summed E-state index contributed by atoms with van der Waals surface area (Å²) in [5.41, 5.74) is 12.7. The minimum atomic E-state index is -2.01. The quantitative estimate of drug-likeness (QED) is 0.00863. The fourth-order valence-electron chi connectivity index (χ4n) is 13.7. The van der Waals surface area contributed by atoms with Crippen molar-refractivity contribution in [3.8, 4) is 0 Å². The number of ether oxygens (including phenoxy) is 16. The second kappa shape index (κ2) is 43.8. The van der Waals surface area contributed by atoms with Gasteiger partial charge in [-0.15, -0.1) is 0 Å². The third kappa shape index (κ3) is 23.6. The van der Waals surface area contributed by atoms with Crippen molar-refractivity contribution in [3.63, 3.8) is 0 Å². The Morgan fingerprint density at radius 3 is 1.16 bits per heavy atom. The molecule has 0 aromatic heterocycles. The van der Waals surface area contributed by atoms with E-state index in [9.17, 15) is 24.7 Å². The Bertz CT molecular complexity index is 4810. The predicted octanol–water partition coefficient (Wildman–Crippen LogP) is 15.0. The molecule has 0 N–H and O–H groups in total. The van der Waals surface area contributed by atoms with Crippen molar-refractivity contribution in [2.75, 3.05) is 33.0 Å². The van der Waals surface area contributed by atoms with Gasteiger partial charge in [0.25, 0.3) is 0 Å². The number of unbranched alkanes of at least 4 members (excludes halogenated alkanes) is 2. The van der Waals surface area contributed by atoms with Crippen molar-refractivity contribution in [2.45, 2.75) is 138 Å². The van der Waals surface area contributed by atoms with Crippen LogP contribution in [0.1, 0.15) is 104 Å². The van der Waals surface area contributed by atoms with Crippen LogP contribution in [-0.2, 0) is 102 Å². The Morgan fingerprint density at radius 2 is 0.695 bits per heavy atom. The molecule has 3 aliphatic heterocycles. The first kappa shape index (κ1) is 83.9. The van der Waals surface area contributed by atoms with E-state index in [1.165, 1.54) is 48.5 Å². The molecule has 8 unspecified atom stereocenters. The number of hydrogen-bond acceptors (Lipinski definition) is 23. The fraction of sp³-hybridized carbons (Fsp3) is 0.290. The van der Waals surface area contributed by atoms with Gasteiger partial charge in [0.15, 0.2) is 43.3 Å². The van der Waals surface area contributed by atoms with Gasteiger partial charge in [0.05, 0.1) is 66.4 Å². The van der Waals surface area contributed by atoms with Gasteiger partial charge in [-0.25, -0.2) is 28.8 Å². The summed E-state index contributed by atoms with van der Waals surface area (Å²) in [5, 5.41) is 3.73. The zero-order chi connectivity index (χ0) is 81.5. The van der Waals surface area contributed by atoms with Crippen LogP contribution >= 0.6 is 0 Å². The van der Waals surface area contributed by atoms with Crippen LogP contribution in [0.5, 0.6) is 0 Å². The summed E-state index contributed by atoms with van der Waals surface area (Å²) in [6, 6.07) is 85.7. The van der Waals surface area contributed by atoms with Crippen molar-refractivity contribution >= 4 is 35.8 Å². The van der Waals surface area contributed by atoms with E-state index < -0.39 is 141 Å². The SMILES string of the molecule is [N-]=[N+]=NCCCCCO[C@H]1OC(COC(=O)c2ccccc2)[C@H](O[C@H]2OC(COCc3ccccc3)[C@H](OC(=O)c3ccccc3)C(OCc3ccccc3)C2OCc2ccccc2)C(O[C@@H]2O[C@@H]([C@@H](COC(=O)c3ccccc3)OC(=O)c3ccccc3)C(OC(=O)c3ccccc3)C2OC(=O)c2ccccc2)C1OCc1ccccc1. The zero-order valence-corrected chi connectivity index (χ0v) is 64.3. The molecule has 10 aromatic carbocycles. The predicted molar refractivity (Wildman–Crippen MR) is 427 cm³/mol. The van der Waals surface area contributed by atoms with Crippen molar-refractivity contribution in [3.05, 3.63) is 369 Å². The first-order valence-corrected chi connectivity index (χ1v) is 39.0. The summed E-state index contributed by atoms with van der Waals surface area (Å²) in [7, 11) is 0. The highest BCUT2D eigenvalue weighted by Crippen LogP contribution is 2.41. The first-order chi connectivity index (χ1) is 58.0. The van der Waals surface area contributed by atoms with E-state index in [4.69, 9.17) is 75.8 Å². The van der Waals surface area contributed by atoms with Gasteiger partial charge in [0.1, 0.15) is 62.0 Å². The summed E-state index contributed by atoms with van der Waals surface area (Å²) >= 11 is 0. The van der Waals surface area contributed by atoms with Crippen molar-refractivity contribution in [1.82, 2.24) is 0 Å². The first-order valence-electron chi connectivity index (χ1n) is 39.0. The van der Waals surface area contributed by atoms with Gasteiger partial charge in [-0.05, 0) is 113 Å². The van der Waals surface area contributed by atoms with Gasteiger partial charge < -0.3 is 75.8 Å². The molecule has 0 spiro atoms. The number of benzene rings is 10. The number of carbonyl (C=O) groups excluding carboxylic acids is 6. The third-order valence-electron chi connectivity index (χ3n) is 19.6.